The minimum absolute atomic E-state index is 0.112. The molecule has 0 atom stereocenters. The quantitative estimate of drug-likeness (QED) is 0.569. The molecule has 0 unspecified atom stereocenters. The molecule has 1 aromatic carbocycles. The molecule has 8 heteroatoms. The summed E-state index contributed by atoms with van der Waals surface area (Å²) in [6.07, 6.45) is -2.97. The van der Waals surface area contributed by atoms with Crippen molar-refractivity contribution in [1.29, 1.82) is 5.26 Å². The molecular formula is C18H9ClF3N3O. The summed E-state index contributed by atoms with van der Waals surface area (Å²) in [4.78, 5) is 8.08. The molecule has 0 radical (unpaired) electrons. The Bertz CT molecular complexity index is 982. The molecule has 2 aromatic heterocycles. The molecule has 0 spiro atoms. The summed E-state index contributed by atoms with van der Waals surface area (Å²) < 4.78 is 43.6. The van der Waals surface area contributed by atoms with E-state index in [0.717, 1.165) is 12.1 Å². The first-order chi connectivity index (χ1) is 12.3. The molecule has 0 aliphatic rings. The number of alkyl halides is 3. The van der Waals surface area contributed by atoms with Crippen LogP contribution < -0.4 is 4.74 Å². The second-order valence-electron chi connectivity index (χ2n) is 5.18. The summed E-state index contributed by atoms with van der Waals surface area (Å²) in [5, 5.41) is 9.41. The SMILES string of the molecule is N#Cc1cc(Oc2ccnc(Cl)c2)nc(-c2ccc(C(F)(F)F)cc2)c1. The van der Waals surface area contributed by atoms with Crippen LogP contribution in [0.4, 0.5) is 13.2 Å². The molecule has 3 aromatic rings. The third-order valence-electron chi connectivity index (χ3n) is 3.36. The van der Waals surface area contributed by atoms with Crippen molar-refractivity contribution in [2.45, 2.75) is 6.18 Å². The fourth-order valence-corrected chi connectivity index (χ4v) is 2.33. The van der Waals surface area contributed by atoms with Gasteiger partial charge in [-0.15, -0.1) is 0 Å². The number of aromatic nitrogens is 2. The van der Waals surface area contributed by atoms with E-state index in [2.05, 4.69) is 9.97 Å². The summed E-state index contributed by atoms with van der Waals surface area (Å²) in [6, 6.07) is 12.4. The monoisotopic (exact) mass is 375 g/mol. The van der Waals surface area contributed by atoms with Gasteiger partial charge in [0, 0.05) is 23.9 Å². The van der Waals surface area contributed by atoms with Crippen molar-refractivity contribution in [1.82, 2.24) is 9.97 Å². The summed E-state index contributed by atoms with van der Waals surface area (Å²) in [5.41, 5.74) is 0.228. The number of benzene rings is 1. The Labute approximate surface area is 151 Å². The van der Waals surface area contributed by atoms with E-state index in [1.54, 1.807) is 6.07 Å². The van der Waals surface area contributed by atoms with Crippen LogP contribution in [0.5, 0.6) is 11.6 Å². The van der Waals surface area contributed by atoms with Gasteiger partial charge in [0.15, 0.2) is 0 Å². The van der Waals surface area contributed by atoms with Crippen LogP contribution in [0, 0.1) is 11.3 Å². The lowest BCUT2D eigenvalue weighted by atomic mass is 10.1. The molecule has 0 aliphatic carbocycles. The molecule has 0 N–H and O–H groups in total. The van der Waals surface area contributed by atoms with E-state index in [0.29, 0.717) is 17.0 Å². The van der Waals surface area contributed by atoms with Gasteiger partial charge in [-0.3, -0.25) is 0 Å². The second-order valence-corrected chi connectivity index (χ2v) is 5.57. The highest BCUT2D eigenvalue weighted by Crippen LogP contribution is 2.31. The summed E-state index contributed by atoms with van der Waals surface area (Å²) in [7, 11) is 0. The van der Waals surface area contributed by atoms with E-state index in [9.17, 15) is 18.4 Å². The van der Waals surface area contributed by atoms with Crippen LogP contribution in [-0.2, 0) is 6.18 Å². The van der Waals surface area contributed by atoms with Crippen molar-refractivity contribution >= 4 is 11.6 Å². The van der Waals surface area contributed by atoms with Gasteiger partial charge in [0.25, 0.3) is 0 Å². The summed E-state index contributed by atoms with van der Waals surface area (Å²) >= 11 is 5.79. The Morgan fingerprint density at radius 1 is 1.04 bits per heavy atom. The van der Waals surface area contributed by atoms with E-state index < -0.39 is 11.7 Å². The normalized spacial score (nSPS) is 11.0. The van der Waals surface area contributed by atoms with Gasteiger partial charge in [0.1, 0.15) is 10.9 Å². The van der Waals surface area contributed by atoms with E-state index in [-0.39, 0.29) is 16.6 Å². The molecule has 0 amide bonds. The van der Waals surface area contributed by atoms with Crippen molar-refractivity contribution in [3.05, 3.63) is 71.0 Å². The van der Waals surface area contributed by atoms with Gasteiger partial charge < -0.3 is 4.74 Å². The lowest BCUT2D eigenvalue weighted by Gasteiger charge is -2.10. The zero-order valence-corrected chi connectivity index (χ0v) is 13.7. The van der Waals surface area contributed by atoms with Gasteiger partial charge in [-0.1, -0.05) is 23.7 Å². The first-order valence-corrected chi connectivity index (χ1v) is 7.62. The van der Waals surface area contributed by atoms with Gasteiger partial charge in [-0.25, -0.2) is 9.97 Å². The predicted octanol–water partition coefficient (Wildman–Crippen LogP) is 5.48. The Balaban J connectivity index is 1.96. The average Bonchev–Trinajstić information content (AvgIpc) is 2.61. The molecule has 0 fully saturated rings. The fraction of sp³-hybridized carbons (Fsp3) is 0.0556. The lowest BCUT2D eigenvalue weighted by molar-refractivity contribution is -0.137. The summed E-state index contributed by atoms with van der Waals surface area (Å²) in [6.45, 7) is 0. The Morgan fingerprint density at radius 2 is 1.77 bits per heavy atom. The van der Waals surface area contributed by atoms with Gasteiger partial charge in [0.2, 0.25) is 5.88 Å². The van der Waals surface area contributed by atoms with Gasteiger partial charge in [-0.2, -0.15) is 18.4 Å². The third-order valence-corrected chi connectivity index (χ3v) is 3.57. The largest absolute Gasteiger partial charge is 0.439 e. The molecule has 0 bridgehead atoms. The van der Waals surface area contributed by atoms with E-state index in [1.165, 1.54) is 36.5 Å². The van der Waals surface area contributed by atoms with Gasteiger partial charge in [0.05, 0.1) is 22.9 Å². The van der Waals surface area contributed by atoms with Crippen molar-refractivity contribution in [2.75, 3.05) is 0 Å². The molecule has 130 valence electrons. The fourth-order valence-electron chi connectivity index (χ4n) is 2.17. The minimum Gasteiger partial charge on any atom is -0.439 e. The first-order valence-electron chi connectivity index (χ1n) is 7.24. The third kappa shape index (κ3) is 4.10. The minimum atomic E-state index is -4.42. The number of hydrogen-bond acceptors (Lipinski definition) is 4. The van der Waals surface area contributed by atoms with Crippen LogP contribution >= 0.6 is 11.6 Å². The second kappa shape index (κ2) is 7.02. The van der Waals surface area contributed by atoms with Gasteiger partial charge in [-0.05, 0) is 24.3 Å². The van der Waals surface area contributed by atoms with Crippen LogP contribution in [0.15, 0.2) is 54.7 Å². The van der Waals surface area contributed by atoms with Crippen LogP contribution in [0.3, 0.4) is 0 Å². The van der Waals surface area contributed by atoms with Crippen LogP contribution in [0.1, 0.15) is 11.1 Å². The van der Waals surface area contributed by atoms with E-state index in [1.807, 2.05) is 6.07 Å². The number of nitriles is 1. The predicted molar refractivity (Wildman–Crippen MR) is 88.7 cm³/mol. The zero-order chi connectivity index (χ0) is 18.7. The average molecular weight is 376 g/mol. The van der Waals surface area contributed by atoms with Crippen molar-refractivity contribution in [3.8, 4) is 29.0 Å². The number of nitrogens with zero attached hydrogens (tertiary/aromatic N) is 3. The standard InChI is InChI=1S/C18H9ClF3N3O/c19-16-9-14(5-6-24-16)26-17-8-11(10-23)7-15(25-17)12-1-3-13(4-2-12)18(20,21)22/h1-9H. The van der Waals surface area contributed by atoms with Crippen molar-refractivity contribution in [3.63, 3.8) is 0 Å². The number of ether oxygens (including phenoxy) is 1. The first kappa shape index (κ1) is 17.7. The number of hydrogen-bond donors (Lipinski definition) is 0. The highest BCUT2D eigenvalue weighted by Gasteiger charge is 2.30. The van der Waals surface area contributed by atoms with Crippen molar-refractivity contribution in [2.24, 2.45) is 0 Å². The maximum atomic E-state index is 12.7. The maximum absolute atomic E-state index is 12.7. The highest BCUT2D eigenvalue weighted by molar-refractivity contribution is 6.29. The van der Waals surface area contributed by atoms with E-state index >= 15 is 0 Å². The van der Waals surface area contributed by atoms with Crippen molar-refractivity contribution < 1.29 is 17.9 Å². The molecule has 0 aliphatic heterocycles. The molecule has 3 rings (SSSR count). The van der Waals surface area contributed by atoms with Gasteiger partial charge >= 0.3 is 6.18 Å². The molecule has 4 nitrogen and oxygen atoms in total. The number of pyridine rings is 2. The number of rotatable bonds is 3. The van der Waals surface area contributed by atoms with E-state index in [4.69, 9.17) is 16.3 Å². The topological polar surface area (TPSA) is 58.8 Å². The summed E-state index contributed by atoms with van der Waals surface area (Å²) in [5.74, 6) is 0.479. The molecule has 26 heavy (non-hydrogen) atoms. The zero-order valence-electron chi connectivity index (χ0n) is 13.0. The molecular weight excluding hydrogens is 367 g/mol. The molecule has 0 saturated carbocycles. The smallest absolute Gasteiger partial charge is 0.416 e. The van der Waals surface area contributed by atoms with Crippen LogP contribution in [0.25, 0.3) is 11.3 Å². The molecule has 2 heterocycles. The Kier molecular flexibility index (Phi) is 4.78. The van der Waals surface area contributed by atoms with Crippen LogP contribution in [-0.4, -0.2) is 9.97 Å². The maximum Gasteiger partial charge on any atom is 0.416 e. The Morgan fingerprint density at radius 3 is 2.38 bits per heavy atom. The highest BCUT2D eigenvalue weighted by atomic mass is 35.5. The molecule has 0 saturated heterocycles. The lowest BCUT2D eigenvalue weighted by Crippen LogP contribution is -2.04. The number of halogens is 4. The van der Waals surface area contributed by atoms with Crippen LogP contribution in [0.2, 0.25) is 5.15 Å². The Hall–Kier alpha value is -3.11.